The molecule has 1 unspecified atom stereocenters. The van der Waals surface area contributed by atoms with Gasteiger partial charge in [-0.15, -0.1) is 0 Å². The van der Waals surface area contributed by atoms with Gasteiger partial charge in [-0.05, 0) is 27.2 Å². The lowest BCUT2D eigenvalue weighted by atomic mass is 10.2. The molecule has 1 aromatic rings. The van der Waals surface area contributed by atoms with E-state index < -0.39 is 5.60 Å². The molecule has 1 fully saturated rings. The normalized spacial score (nSPS) is 17.9. The van der Waals surface area contributed by atoms with Gasteiger partial charge in [-0.25, -0.2) is 4.79 Å². The Balaban J connectivity index is 1.84. The molecule has 1 aromatic heterocycles. The summed E-state index contributed by atoms with van der Waals surface area (Å²) in [6.45, 7) is 7.02. The number of carbonyl (C=O) groups is 2. The first-order valence-electron chi connectivity index (χ1n) is 7.74. The standard InChI is InChI=1S/C15H25N5O3/c1-15(2,3)23-14(22)19-6-5-11(8-19)18-12-7-17-20(9-12)10-13(21)16-4/h7,9,11,18H,5-6,8,10H2,1-4H3,(H,16,21). The fourth-order valence-electron chi connectivity index (χ4n) is 2.36. The molecule has 8 nitrogen and oxygen atoms in total. The van der Waals surface area contributed by atoms with Gasteiger partial charge in [0.1, 0.15) is 12.1 Å². The molecule has 2 amide bonds. The zero-order valence-electron chi connectivity index (χ0n) is 14.1. The summed E-state index contributed by atoms with van der Waals surface area (Å²) in [4.78, 5) is 25.1. The van der Waals surface area contributed by atoms with Crippen molar-refractivity contribution in [2.45, 2.75) is 45.4 Å². The predicted molar refractivity (Wildman–Crippen MR) is 86.1 cm³/mol. The van der Waals surface area contributed by atoms with E-state index in [1.165, 1.54) is 0 Å². The maximum atomic E-state index is 12.0. The van der Waals surface area contributed by atoms with E-state index in [4.69, 9.17) is 4.74 Å². The first-order valence-corrected chi connectivity index (χ1v) is 7.74. The Labute approximate surface area is 136 Å². The van der Waals surface area contributed by atoms with Crippen molar-refractivity contribution in [3.05, 3.63) is 12.4 Å². The Morgan fingerprint density at radius 3 is 2.83 bits per heavy atom. The number of rotatable bonds is 4. The van der Waals surface area contributed by atoms with E-state index in [2.05, 4.69) is 15.7 Å². The minimum absolute atomic E-state index is 0.100. The highest BCUT2D eigenvalue weighted by Crippen LogP contribution is 2.18. The van der Waals surface area contributed by atoms with Gasteiger partial charge in [0.2, 0.25) is 5.91 Å². The van der Waals surface area contributed by atoms with Crippen molar-refractivity contribution in [2.24, 2.45) is 0 Å². The molecule has 8 heteroatoms. The molecule has 0 bridgehead atoms. The molecule has 2 heterocycles. The fourth-order valence-corrected chi connectivity index (χ4v) is 2.36. The fraction of sp³-hybridized carbons (Fsp3) is 0.667. The maximum Gasteiger partial charge on any atom is 0.410 e. The second-order valence-corrected chi connectivity index (χ2v) is 6.66. The van der Waals surface area contributed by atoms with E-state index in [1.807, 2.05) is 20.8 Å². The van der Waals surface area contributed by atoms with Crippen molar-refractivity contribution >= 4 is 17.7 Å². The first kappa shape index (κ1) is 17.1. The lowest BCUT2D eigenvalue weighted by Gasteiger charge is -2.24. The highest BCUT2D eigenvalue weighted by Gasteiger charge is 2.29. The van der Waals surface area contributed by atoms with E-state index in [0.717, 1.165) is 12.1 Å². The van der Waals surface area contributed by atoms with Crippen LogP contribution in [0.4, 0.5) is 10.5 Å². The van der Waals surface area contributed by atoms with E-state index in [1.54, 1.807) is 29.0 Å². The monoisotopic (exact) mass is 323 g/mol. The highest BCUT2D eigenvalue weighted by molar-refractivity contribution is 5.75. The summed E-state index contributed by atoms with van der Waals surface area (Å²) in [5.41, 5.74) is 0.355. The molecular weight excluding hydrogens is 298 g/mol. The summed E-state index contributed by atoms with van der Waals surface area (Å²) in [5.74, 6) is -0.100. The van der Waals surface area contributed by atoms with Crippen LogP contribution in [0.5, 0.6) is 0 Å². The molecule has 2 rings (SSSR count). The summed E-state index contributed by atoms with van der Waals surface area (Å²) in [7, 11) is 1.59. The van der Waals surface area contributed by atoms with E-state index in [9.17, 15) is 9.59 Å². The van der Waals surface area contributed by atoms with Crippen LogP contribution in [0.3, 0.4) is 0 Å². The lowest BCUT2D eigenvalue weighted by molar-refractivity contribution is -0.121. The number of hydrogen-bond acceptors (Lipinski definition) is 5. The molecule has 128 valence electrons. The third kappa shape index (κ3) is 5.15. The van der Waals surface area contributed by atoms with Crippen LogP contribution in [0.2, 0.25) is 0 Å². The summed E-state index contributed by atoms with van der Waals surface area (Å²) >= 11 is 0. The maximum absolute atomic E-state index is 12.0. The van der Waals surface area contributed by atoms with Crippen LogP contribution in [-0.2, 0) is 16.1 Å². The number of amides is 2. The summed E-state index contributed by atoms with van der Waals surface area (Å²) in [5, 5.41) is 10.0. The smallest absolute Gasteiger partial charge is 0.410 e. The Bertz CT molecular complexity index is 564. The molecule has 1 aliphatic heterocycles. The SMILES string of the molecule is CNC(=O)Cn1cc(NC2CCN(C(=O)OC(C)(C)C)C2)cn1. The minimum Gasteiger partial charge on any atom is -0.444 e. The van der Waals surface area contributed by atoms with Crippen LogP contribution in [-0.4, -0.2) is 58.5 Å². The number of likely N-dealkylation sites (tertiary alicyclic amines) is 1. The number of carbonyl (C=O) groups excluding carboxylic acids is 2. The molecule has 2 N–H and O–H groups in total. The molecule has 0 radical (unpaired) electrons. The molecule has 23 heavy (non-hydrogen) atoms. The van der Waals surface area contributed by atoms with Crippen LogP contribution in [0, 0.1) is 0 Å². The number of aromatic nitrogens is 2. The van der Waals surface area contributed by atoms with Crippen LogP contribution in [0.15, 0.2) is 12.4 Å². The highest BCUT2D eigenvalue weighted by atomic mass is 16.6. The molecule has 1 atom stereocenters. The van der Waals surface area contributed by atoms with Crippen molar-refractivity contribution in [1.82, 2.24) is 20.0 Å². The Morgan fingerprint density at radius 1 is 1.43 bits per heavy atom. The molecule has 0 aliphatic carbocycles. The van der Waals surface area contributed by atoms with Crippen molar-refractivity contribution in [2.75, 3.05) is 25.5 Å². The zero-order chi connectivity index (χ0) is 17.0. The largest absolute Gasteiger partial charge is 0.444 e. The predicted octanol–water partition coefficient (Wildman–Crippen LogP) is 1.05. The molecule has 1 aliphatic rings. The molecule has 1 saturated heterocycles. The van der Waals surface area contributed by atoms with Gasteiger partial charge in [-0.1, -0.05) is 0 Å². The second kappa shape index (κ2) is 6.89. The van der Waals surface area contributed by atoms with Gasteiger partial charge < -0.3 is 20.3 Å². The van der Waals surface area contributed by atoms with Crippen molar-refractivity contribution in [3.8, 4) is 0 Å². The number of anilines is 1. The van der Waals surface area contributed by atoms with Crippen molar-refractivity contribution in [3.63, 3.8) is 0 Å². The minimum atomic E-state index is -0.483. The van der Waals surface area contributed by atoms with Crippen LogP contribution in [0.25, 0.3) is 0 Å². The second-order valence-electron chi connectivity index (χ2n) is 6.66. The summed E-state index contributed by atoms with van der Waals surface area (Å²) in [6, 6.07) is 0.153. The third-order valence-electron chi connectivity index (χ3n) is 3.43. The molecular formula is C15H25N5O3. The third-order valence-corrected chi connectivity index (χ3v) is 3.43. The van der Waals surface area contributed by atoms with Gasteiger partial charge in [0.25, 0.3) is 0 Å². The quantitative estimate of drug-likeness (QED) is 0.864. The topological polar surface area (TPSA) is 88.5 Å². The van der Waals surface area contributed by atoms with Gasteiger partial charge in [0.15, 0.2) is 0 Å². The average molecular weight is 323 g/mol. The molecule has 0 spiro atoms. The Morgan fingerprint density at radius 2 is 2.17 bits per heavy atom. The lowest BCUT2D eigenvalue weighted by Crippen LogP contribution is -2.36. The number of likely N-dealkylation sites (N-methyl/N-ethyl adjacent to an activating group) is 1. The zero-order valence-corrected chi connectivity index (χ0v) is 14.1. The summed E-state index contributed by atoms with van der Waals surface area (Å²) < 4.78 is 6.95. The van der Waals surface area contributed by atoms with Gasteiger partial charge in [0.05, 0.1) is 11.9 Å². The number of ether oxygens (including phenoxy) is 1. The van der Waals surface area contributed by atoms with Crippen LogP contribution < -0.4 is 10.6 Å². The number of nitrogens with zero attached hydrogens (tertiary/aromatic N) is 3. The first-order chi connectivity index (χ1) is 10.8. The van der Waals surface area contributed by atoms with E-state index in [-0.39, 0.29) is 24.6 Å². The summed E-state index contributed by atoms with van der Waals surface area (Å²) in [6.07, 6.45) is 4.03. The van der Waals surface area contributed by atoms with E-state index in [0.29, 0.717) is 13.1 Å². The van der Waals surface area contributed by atoms with Gasteiger partial charge in [0, 0.05) is 32.4 Å². The molecule has 0 saturated carbocycles. The van der Waals surface area contributed by atoms with Gasteiger partial charge in [-0.3, -0.25) is 9.48 Å². The van der Waals surface area contributed by atoms with Crippen LogP contribution in [0.1, 0.15) is 27.2 Å². The van der Waals surface area contributed by atoms with Crippen molar-refractivity contribution < 1.29 is 14.3 Å². The van der Waals surface area contributed by atoms with E-state index >= 15 is 0 Å². The van der Waals surface area contributed by atoms with Crippen LogP contribution >= 0.6 is 0 Å². The average Bonchev–Trinajstić information content (AvgIpc) is 3.07. The van der Waals surface area contributed by atoms with Gasteiger partial charge >= 0.3 is 6.09 Å². The number of nitrogens with one attached hydrogen (secondary N) is 2. The van der Waals surface area contributed by atoms with Gasteiger partial charge in [-0.2, -0.15) is 5.10 Å². The Kier molecular flexibility index (Phi) is 5.12. The Hall–Kier alpha value is -2.25. The van der Waals surface area contributed by atoms with Crippen molar-refractivity contribution in [1.29, 1.82) is 0 Å². The molecule has 0 aromatic carbocycles. The number of hydrogen-bond donors (Lipinski definition) is 2.